The second kappa shape index (κ2) is 7.73. The summed E-state index contributed by atoms with van der Waals surface area (Å²) in [5, 5.41) is 7.81. The fourth-order valence-corrected chi connectivity index (χ4v) is 5.44. The van der Waals surface area contributed by atoms with Gasteiger partial charge in [-0.3, -0.25) is 4.79 Å². The van der Waals surface area contributed by atoms with Gasteiger partial charge in [-0.2, -0.15) is 5.10 Å². The van der Waals surface area contributed by atoms with Gasteiger partial charge in [0.2, 0.25) is 11.8 Å². The summed E-state index contributed by atoms with van der Waals surface area (Å²) in [7, 11) is 0. The van der Waals surface area contributed by atoms with E-state index in [-0.39, 0.29) is 17.6 Å². The number of ether oxygens (including phenoxy) is 1. The highest BCUT2D eigenvalue weighted by Gasteiger charge is 2.54. The summed E-state index contributed by atoms with van der Waals surface area (Å²) in [5.74, 6) is 2.26. The average molecular weight is 432 g/mol. The summed E-state index contributed by atoms with van der Waals surface area (Å²) >= 11 is 0. The number of fused-ring (bicyclic) bond motifs is 2. The van der Waals surface area contributed by atoms with Crippen LogP contribution in [0.1, 0.15) is 32.1 Å². The molecule has 2 fully saturated rings. The molecule has 3 aliphatic rings. The van der Waals surface area contributed by atoms with Gasteiger partial charge in [-0.25, -0.2) is 14.1 Å². The number of aromatic nitrogens is 3. The van der Waals surface area contributed by atoms with Gasteiger partial charge in [0.1, 0.15) is 17.3 Å². The predicted octanol–water partition coefficient (Wildman–Crippen LogP) is 4.91. The molecule has 6 nitrogen and oxygen atoms in total. The van der Waals surface area contributed by atoms with Crippen molar-refractivity contribution in [1.82, 2.24) is 14.8 Å². The standard InChI is InChI=1S/C25H25FN4O2/c26-17-8-6-15(7-9-17)23-21(25-30(29-23)12-3-13-32-25)16-10-11-27-20(14-16)28-24(31)22-18-4-1-2-5-19(18)22/h6-11,14,18-19,22H,1-5,12-13H2,(H,27,28,31). The van der Waals surface area contributed by atoms with Crippen molar-refractivity contribution in [3.63, 3.8) is 0 Å². The maximum atomic E-state index is 13.5. The highest BCUT2D eigenvalue weighted by molar-refractivity contribution is 5.95. The second-order valence-electron chi connectivity index (χ2n) is 9.02. The highest BCUT2D eigenvalue weighted by atomic mass is 19.1. The van der Waals surface area contributed by atoms with E-state index < -0.39 is 0 Å². The fraction of sp³-hybridized carbons (Fsp3) is 0.400. The van der Waals surface area contributed by atoms with Gasteiger partial charge < -0.3 is 10.1 Å². The monoisotopic (exact) mass is 432 g/mol. The molecule has 1 aliphatic heterocycles. The van der Waals surface area contributed by atoms with Crippen LogP contribution in [-0.4, -0.2) is 27.3 Å². The van der Waals surface area contributed by atoms with E-state index in [9.17, 15) is 9.18 Å². The van der Waals surface area contributed by atoms with Crippen molar-refractivity contribution in [3.05, 3.63) is 48.4 Å². The van der Waals surface area contributed by atoms with Crippen LogP contribution < -0.4 is 10.1 Å². The lowest BCUT2D eigenvalue weighted by Gasteiger charge is -2.16. The minimum Gasteiger partial charge on any atom is -0.477 e. The van der Waals surface area contributed by atoms with Crippen LogP contribution in [0.25, 0.3) is 22.4 Å². The number of nitrogens with zero attached hydrogens (tertiary/aromatic N) is 3. The van der Waals surface area contributed by atoms with Crippen LogP contribution in [0.15, 0.2) is 42.6 Å². The summed E-state index contributed by atoms with van der Waals surface area (Å²) in [6.07, 6.45) is 7.38. The molecule has 1 amide bonds. The Morgan fingerprint density at radius 2 is 1.84 bits per heavy atom. The number of rotatable bonds is 4. The van der Waals surface area contributed by atoms with Crippen LogP contribution in [0.4, 0.5) is 10.2 Å². The number of benzene rings is 1. The smallest absolute Gasteiger partial charge is 0.229 e. The Bertz CT molecular complexity index is 1160. The van der Waals surface area contributed by atoms with E-state index in [0.717, 1.165) is 48.2 Å². The van der Waals surface area contributed by atoms with E-state index in [1.165, 1.54) is 25.0 Å². The first-order valence-corrected chi connectivity index (χ1v) is 11.5. The molecule has 2 saturated carbocycles. The largest absolute Gasteiger partial charge is 0.477 e. The molecule has 0 bridgehead atoms. The quantitative estimate of drug-likeness (QED) is 0.636. The normalized spacial score (nSPS) is 23.6. The van der Waals surface area contributed by atoms with Gasteiger partial charge in [0.15, 0.2) is 0 Å². The number of hydrogen-bond donors (Lipinski definition) is 1. The number of carbonyl (C=O) groups is 1. The summed E-state index contributed by atoms with van der Waals surface area (Å²) in [5.41, 5.74) is 3.26. The number of carbonyl (C=O) groups excluding carboxylic acids is 1. The maximum absolute atomic E-state index is 13.5. The van der Waals surface area contributed by atoms with Crippen molar-refractivity contribution < 1.29 is 13.9 Å². The number of anilines is 1. The molecular weight excluding hydrogens is 407 g/mol. The molecule has 2 aromatic heterocycles. The first kappa shape index (κ1) is 19.5. The molecule has 1 N–H and O–H groups in total. The zero-order chi connectivity index (χ0) is 21.7. The summed E-state index contributed by atoms with van der Waals surface area (Å²) in [4.78, 5) is 17.3. The van der Waals surface area contributed by atoms with Crippen molar-refractivity contribution in [2.75, 3.05) is 11.9 Å². The number of halogens is 1. The van der Waals surface area contributed by atoms with Crippen molar-refractivity contribution in [2.24, 2.45) is 17.8 Å². The molecular formula is C25H25FN4O2. The summed E-state index contributed by atoms with van der Waals surface area (Å²) in [6, 6.07) is 10.1. The van der Waals surface area contributed by atoms with Crippen LogP contribution in [-0.2, 0) is 11.3 Å². The second-order valence-corrected chi connectivity index (χ2v) is 9.02. The molecule has 32 heavy (non-hydrogen) atoms. The lowest BCUT2D eigenvalue weighted by Crippen LogP contribution is -2.16. The Labute approximate surface area is 185 Å². The van der Waals surface area contributed by atoms with Gasteiger partial charge in [0.05, 0.1) is 12.2 Å². The van der Waals surface area contributed by atoms with Gasteiger partial charge in [0.25, 0.3) is 0 Å². The van der Waals surface area contributed by atoms with E-state index in [0.29, 0.717) is 30.1 Å². The molecule has 0 saturated heterocycles. The van der Waals surface area contributed by atoms with Gasteiger partial charge in [-0.05, 0) is 66.6 Å². The molecule has 2 aliphatic carbocycles. The number of amides is 1. The van der Waals surface area contributed by atoms with Crippen LogP contribution in [0.5, 0.6) is 5.88 Å². The third-order valence-corrected chi connectivity index (χ3v) is 7.04. The van der Waals surface area contributed by atoms with Crippen LogP contribution in [0.2, 0.25) is 0 Å². The SMILES string of the molecule is O=C(Nc1cc(-c2c(-c3ccc(F)cc3)nn3c2OCCC3)ccn1)C1C2CCCCC21. The first-order chi connectivity index (χ1) is 15.7. The maximum Gasteiger partial charge on any atom is 0.229 e. The van der Waals surface area contributed by atoms with E-state index in [4.69, 9.17) is 9.84 Å². The Balaban J connectivity index is 1.34. The van der Waals surface area contributed by atoms with Gasteiger partial charge in [0, 0.05) is 30.6 Å². The Morgan fingerprint density at radius 3 is 2.62 bits per heavy atom. The molecule has 1 aromatic carbocycles. The third-order valence-electron chi connectivity index (χ3n) is 7.04. The molecule has 2 unspecified atom stereocenters. The lowest BCUT2D eigenvalue weighted by molar-refractivity contribution is -0.117. The van der Waals surface area contributed by atoms with Crippen LogP contribution >= 0.6 is 0 Å². The number of pyridine rings is 1. The van der Waals surface area contributed by atoms with Crippen molar-refractivity contribution in [3.8, 4) is 28.3 Å². The predicted molar refractivity (Wildman–Crippen MR) is 119 cm³/mol. The highest BCUT2D eigenvalue weighted by Crippen LogP contribution is 2.55. The molecule has 7 heteroatoms. The molecule has 2 atom stereocenters. The van der Waals surface area contributed by atoms with Crippen LogP contribution in [0.3, 0.4) is 0 Å². The minimum absolute atomic E-state index is 0.0820. The Kier molecular flexibility index (Phi) is 4.70. The van der Waals surface area contributed by atoms with Crippen molar-refractivity contribution in [2.45, 2.75) is 38.6 Å². The third kappa shape index (κ3) is 3.36. The molecule has 3 heterocycles. The van der Waals surface area contributed by atoms with Crippen LogP contribution in [0, 0.1) is 23.6 Å². The number of aryl methyl sites for hydroxylation is 1. The minimum atomic E-state index is -0.287. The summed E-state index contributed by atoms with van der Waals surface area (Å²) < 4.78 is 21.4. The first-order valence-electron chi connectivity index (χ1n) is 11.5. The topological polar surface area (TPSA) is 69.0 Å². The Hall–Kier alpha value is -3.22. The molecule has 6 rings (SSSR count). The summed E-state index contributed by atoms with van der Waals surface area (Å²) in [6.45, 7) is 1.39. The lowest BCUT2D eigenvalue weighted by atomic mass is 10.0. The molecule has 0 spiro atoms. The fourth-order valence-electron chi connectivity index (χ4n) is 5.44. The van der Waals surface area contributed by atoms with Gasteiger partial charge in [-0.1, -0.05) is 12.8 Å². The zero-order valence-corrected chi connectivity index (χ0v) is 17.8. The zero-order valence-electron chi connectivity index (χ0n) is 17.8. The number of nitrogens with one attached hydrogen (secondary N) is 1. The molecule has 164 valence electrons. The van der Waals surface area contributed by atoms with Gasteiger partial charge in [-0.15, -0.1) is 0 Å². The van der Waals surface area contributed by atoms with Gasteiger partial charge >= 0.3 is 0 Å². The average Bonchev–Trinajstić information content (AvgIpc) is 3.43. The van der Waals surface area contributed by atoms with E-state index in [1.807, 2.05) is 16.8 Å². The van der Waals surface area contributed by atoms with E-state index in [2.05, 4.69) is 10.3 Å². The Morgan fingerprint density at radius 1 is 1.06 bits per heavy atom. The molecule has 0 radical (unpaired) electrons. The van der Waals surface area contributed by atoms with E-state index >= 15 is 0 Å². The number of hydrogen-bond acceptors (Lipinski definition) is 4. The van der Waals surface area contributed by atoms with Crippen molar-refractivity contribution >= 4 is 11.7 Å². The van der Waals surface area contributed by atoms with E-state index in [1.54, 1.807) is 18.3 Å². The molecule has 3 aromatic rings. The van der Waals surface area contributed by atoms with Crippen molar-refractivity contribution in [1.29, 1.82) is 0 Å².